The highest BCUT2D eigenvalue weighted by Gasteiger charge is 2.33. The third-order valence-electron chi connectivity index (χ3n) is 8.14. The monoisotopic (exact) mass is 451 g/mol. The van der Waals surface area contributed by atoms with Crippen LogP contribution in [0.15, 0.2) is 115 Å². The number of benzene rings is 5. The van der Waals surface area contributed by atoms with Crippen molar-refractivity contribution in [1.29, 1.82) is 0 Å². The van der Waals surface area contributed by atoms with Crippen molar-refractivity contribution < 1.29 is 0 Å². The van der Waals surface area contributed by atoms with Crippen LogP contribution < -0.4 is 4.90 Å². The molecule has 0 aliphatic heterocycles. The Hall–Kier alpha value is -3.84. The van der Waals surface area contributed by atoms with Crippen LogP contribution in [0.4, 0.5) is 17.1 Å². The zero-order valence-electron chi connectivity index (χ0n) is 19.9. The van der Waals surface area contributed by atoms with E-state index >= 15 is 0 Å². The van der Waals surface area contributed by atoms with Gasteiger partial charge in [-0.3, -0.25) is 0 Å². The lowest BCUT2D eigenvalue weighted by Gasteiger charge is -2.38. The zero-order chi connectivity index (χ0) is 23.2. The molecule has 8 rings (SSSR count). The van der Waals surface area contributed by atoms with E-state index in [4.69, 9.17) is 0 Å². The highest BCUT2D eigenvalue weighted by Crippen LogP contribution is 2.51. The number of hydrogen-bond donors (Lipinski definition) is 0. The maximum absolute atomic E-state index is 2.52. The van der Waals surface area contributed by atoms with Crippen LogP contribution in [-0.4, -0.2) is 0 Å². The van der Waals surface area contributed by atoms with Crippen molar-refractivity contribution >= 4 is 27.8 Å². The van der Waals surface area contributed by atoms with Crippen molar-refractivity contribution in [2.75, 3.05) is 4.90 Å². The predicted octanol–water partition coefficient (Wildman–Crippen LogP) is 9.73. The summed E-state index contributed by atoms with van der Waals surface area (Å²) in [5.74, 6) is 1.50. The van der Waals surface area contributed by atoms with Gasteiger partial charge in [0.1, 0.15) is 0 Å². The normalized spacial score (nSPS) is 18.4. The van der Waals surface area contributed by atoms with Crippen LogP contribution in [0.2, 0.25) is 0 Å². The van der Waals surface area contributed by atoms with Gasteiger partial charge in [-0.1, -0.05) is 78.9 Å². The molecular weight excluding hydrogens is 422 g/mol. The van der Waals surface area contributed by atoms with Crippen molar-refractivity contribution in [1.82, 2.24) is 0 Å². The largest absolute Gasteiger partial charge is 0.310 e. The summed E-state index contributed by atoms with van der Waals surface area (Å²) < 4.78 is 0. The first-order chi connectivity index (χ1) is 17.3. The van der Waals surface area contributed by atoms with Crippen LogP contribution >= 0.6 is 0 Å². The molecule has 0 atom stereocenters. The molecule has 0 unspecified atom stereocenters. The molecule has 5 aromatic carbocycles. The Morgan fingerprint density at radius 1 is 0.486 bits per heavy atom. The SMILES string of the molecule is c1ccc(N(c2ccccc2)c2cc3ccccc3cc2-c2ccc3c(c2)C2CCC3CC2)cc1. The Balaban J connectivity index is 1.48. The second-order valence-electron chi connectivity index (χ2n) is 10.1. The van der Waals surface area contributed by atoms with Gasteiger partial charge < -0.3 is 4.90 Å². The summed E-state index contributed by atoms with van der Waals surface area (Å²) in [5.41, 5.74) is 9.41. The molecule has 0 amide bonds. The van der Waals surface area contributed by atoms with E-state index in [-0.39, 0.29) is 0 Å². The van der Waals surface area contributed by atoms with E-state index < -0.39 is 0 Å². The van der Waals surface area contributed by atoms with Gasteiger partial charge in [0, 0.05) is 16.9 Å². The molecule has 1 fully saturated rings. The molecule has 0 heterocycles. The number of hydrogen-bond acceptors (Lipinski definition) is 1. The maximum Gasteiger partial charge on any atom is 0.0546 e. The van der Waals surface area contributed by atoms with Crippen LogP contribution in [0.3, 0.4) is 0 Å². The minimum atomic E-state index is 0.734. The van der Waals surface area contributed by atoms with Gasteiger partial charge in [0.15, 0.2) is 0 Å². The molecule has 5 aromatic rings. The minimum absolute atomic E-state index is 0.734. The van der Waals surface area contributed by atoms with Gasteiger partial charge in [-0.2, -0.15) is 0 Å². The maximum atomic E-state index is 2.52. The molecular formula is C34H29N. The van der Waals surface area contributed by atoms with E-state index in [9.17, 15) is 0 Å². The summed E-state index contributed by atoms with van der Waals surface area (Å²) in [6.45, 7) is 0. The van der Waals surface area contributed by atoms with Crippen molar-refractivity contribution in [3.05, 3.63) is 126 Å². The van der Waals surface area contributed by atoms with Crippen molar-refractivity contribution in [2.24, 2.45) is 0 Å². The number of nitrogens with zero attached hydrogens (tertiary/aromatic N) is 1. The van der Waals surface area contributed by atoms with Gasteiger partial charge in [-0.25, -0.2) is 0 Å². The van der Waals surface area contributed by atoms with Crippen LogP contribution in [0.5, 0.6) is 0 Å². The Morgan fingerprint density at radius 3 is 1.66 bits per heavy atom. The van der Waals surface area contributed by atoms with Crippen molar-refractivity contribution in [3.8, 4) is 11.1 Å². The van der Waals surface area contributed by atoms with E-state index in [1.54, 1.807) is 11.1 Å². The molecule has 3 aliphatic rings. The Bertz CT molecular complexity index is 1460. The van der Waals surface area contributed by atoms with Gasteiger partial charge in [-0.05, 0) is 101 Å². The zero-order valence-corrected chi connectivity index (χ0v) is 19.9. The number of rotatable bonds is 4. The molecule has 0 spiro atoms. The molecule has 35 heavy (non-hydrogen) atoms. The van der Waals surface area contributed by atoms with Crippen LogP contribution in [0.25, 0.3) is 21.9 Å². The van der Waals surface area contributed by atoms with Crippen LogP contribution in [-0.2, 0) is 0 Å². The average Bonchev–Trinajstić information content (AvgIpc) is 2.94. The second kappa shape index (κ2) is 8.43. The fourth-order valence-corrected chi connectivity index (χ4v) is 6.41. The first-order valence-electron chi connectivity index (χ1n) is 12.9. The molecule has 1 heteroatoms. The van der Waals surface area contributed by atoms with E-state index in [0.717, 1.165) is 11.8 Å². The number of para-hydroxylation sites is 2. The lowest BCUT2D eigenvalue weighted by molar-refractivity contribution is 0.359. The van der Waals surface area contributed by atoms with Crippen LogP contribution in [0, 0.1) is 0 Å². The van der Waals surface area contributed by atoms with E-state index in [1.807, 2.05) is 0 Å². The van der Waals surface area contributed by atoms with Crippen LogP contribution in [0.1, 0.15) is 48.6 Å². The summed E-state index contributed by atoms with van der Waals surface area (Å²) in [7, 11) is 0. The molecule has 3 aliphatic carbocycles. The van der Waals surface area contributed by atoms with E-state index in [2.05, 4.69) is 120 Å². The molecule has 1 nitrogen and oxygen atoms in total. The third-order valence-corrected chi connectivity index (χ3v) is 8.14. The van der Waals surface area contributed by atoms with E-state index in [0.29, 0.717) is 0 Å². The first kappa shape index (κ1) is 20.5. The number of anilines is 3. The summed E-state index contributed by atoms with van der Waals surface area (Å²) in [6.07, 6.45) is 5.44. The second-order valence-corrected chi connectivity index (χ2v) is 10.1. The molecule has 0 radical (unpaired) electrons. The van der Waals surface area contributed by atoms with Gasteiger partial charge in [0.2, 0.25) is 0 Å². The topological polar surface area (TPSA) is 3.24 Å². The Morgan fingerprint density at radius 2 is 1.03 bits per heavy atom. The van der Waals surface area contributed by atoms with Gasteiger partial charge in [-0.15, -0.1) is 0 Å². The first-order valence-corrected chi connectivity index (χ1v) is 12.9. The fourth-order valence-electron chi connectivity index (χ4n) is 6.41. The van der Waals surface area contributed by atoms with Gasteiger partial charge in [0.05, 0.1) is 5.69 Å². The Labute approximate surface area is 207 Å². The highest BCUT2D eigenvalue weighted by molar-refractivity contribution is 5.98. The summed E-state index contributed by atoms with van der Waals surface area (Å²) >= 11 is 0. The van der Waals surface area contributed by atoms with Crippen molar-refractivity contribution in [2.45, 2.75) is 37.5 Å². The molecule has 2 bridgehead atoms. The lowest BCUT2D eigenvalue weighted by atomic mass is 9.66. The standard InChI is InChI=1S/C34H29N/c1-3-11-29(12-4-1)35(30-13-5-2-6-14-30)34-23-27-10-8-7-9-26(27)21-33(34)28-19-20-31-24-15-17-25(18-16-24)32(31)22-28/h1-14,19-25H,15-18H2. The average molecular weight is 452 g/mol. The number of fused-ring (bicyclic) bond motifs is 3. The molecule has 170 valence electrons. The minimum Gasteiger partial charge on any atom is -0.310 e. The Kier molecular flexibility index (Phi) is 4.94. The highest BCUT2D eigenvalue weighted by atomic mass is 15.1. The summed E-state index contributed by atoms with van der Waals surface area (Å²) in [6, 6.07) is 42.4. The van der Waals surface area contributed by atoms with Gasteiger partial charge in [0.25, 0.3) is 0 Å². The molecule has 0 saturated heterocycles. The predicted molar refractivity (Wildman–Crippen MR) is 148 cm³/mol. The smallest absolute Gasteiger partial charge is 0.0546 e. The summed E-state index contributed by atoms with van der Waals surface area (Å²) in [4.78, 5) is 2.41. The molecule has 1 saturated carbocycles. The lowest BCUT2D eigenvalue weighted by Crippen LogP contribution is -2.21. The molecule has 0 N–H and O–H groups in total. The third kappa shape index (κ3) is 3.54. The molecule has 0 aromatic heterocycles. The van der Waals surface area contributed by atoms with Gasteiger partial charge >= 0.3 is 0 Å². The van der Waals surface area contributed by atoms with E-state index in [1.165, 1.54) is 64.6 Å². The summed E-state index contributed by atoms with van der Waals surface area (Å²) in [5, 5.41) is 2.55. The van der Waals surface area contributed by atoms with Crippen molar-refractivity contribution in [3.63, 3.8) is 0 Å². The fraction of sp³-hybridized carbons (Fsp3) is 0.176. The quantitative estimate of drug-likeness (QED) is 0.263.